The Balaban J connectivity index is 2.00. The van der Waals surface area contributed by atoms with Gasteiger partial charge in [0.2, 0.25) is 0 Å². The largest absolute Gasteiger partial charge is 0.481 e. The monoisotopic (exact) mass is 292 g/mol. The Bertz CT molecular complexity index is 749. The molecule has 3 rings (SSSR count). The maximum atomic E-state index is 12.5. The van der Waals surface area contributed by atoms with E-state index in [0.717, 1.165) is 11.3 Å². The average molecular weight is 292 g/mol. The van der Waals surface area contributed by atoms with E-state index >= 15 is 0 Å². The van der Waals surface area contributed by atoms with Gasteiger partial charge < -0.3 is 15.0 Å². The van der Waals surface area contributed by atoms with Crippen LogP contribution in [0, 0.1) is 12.3 Å². The fourth-order valence-corrected chi connectivity index (χ4v) is 2.59. The smallest absolute Gasteiger partial charge is 0.257 e. The summed E-state index contributed by atoms with van der Waals surface area (Å²) >= 11 is 0. The fraction of sp³-hybridized carbons (Fsp3) is 0.167. The molecule has 22 heavy (non-hydrogen) atoms. The lowest BCUT2D eigenvalue weighted by molar-refractivity contribution is 0.0734. The fourth-order valence-electron chi connectivity index (χ4n) is 2.59. The third-order valence-corrected chi connectivity index (χ3v) is 3.68. The van der Waals surface area contributed by atoms with Gasteiger partial charge in [-0.2, -0.15) is 0 Å². The molecule has 1 aliphatic rings. The van der Waals surface area contributed by atoms with Crippen LogP contribution in [0.3, 0.4) is 0 Å². The second kappa shape index (κ2) is 5.82. The average Bonchev–Trinajstić information content (AvgIpc) is 2.56. The molecule has 1 amide bonds. The number of benzene rings is 2. The number of nitrogens with zero attached hydrogens (tertiary/aromatic N) is 1. The van der Waals surface area contributed by atoms with E-state index in [1.165, 1.54) is 0 Å². The van der Waals surface area contributed by atoms with E-state index in [0.29, 0.717) is 11.3 Å². The third-order valence-electron chi connectivity index (χ3n) is 3.68. The second-order valence-corrected chi connectivity index (χ2v) is 5.04. The quantitative estimate of drug-likeness (QED) is 0.884. The lowest BCUT2D eigenvalue weighted by Crippen LogP contribution is -2.40. The zero-order valence-corrected chi connectivity index (χ0v) is 12.2. The van der Waals surface area contributed by atoms with Crippen LogP contribution in [0.4, 0.5) is 5.69 Å². The van der Waals surface area contributed by atoms with Crippen LogP contribution in [0.25, 0.3) is 0 Å². The van der Waals surface area contributed by atoms with Gasteiger partial charge in [0.15, 0.2) is 0 Å². The van der Waals surface area contributed by atoms with Crippen LogP contribution < -0.4 is 10.1 Å². The van der Waals surface area contributed by atoms with Crippen molar-refractivity contribution < 1.29 is 9.53 Å². The summed E-state index contributed by atoms with van der Waals surface area (Å²) in [6.45, 7) is 0.192. The van der Waals surface area contributed by atoms with Crippen molar-refractivity contribution in [1.29, 1.82) is 0 Å². The maximum absolute atomic E-state index is 12.5. The van der Waals surface area contributed by atoms with E-state index < -0.39 is 0 Å². The molecule has 0 saturated heterocycles. The Labute approximate surface area is 129 Å². The summed E-state index contributed by atoms with van der Waals surface area (Å²) in [4.78, 5) is 14.2. The van der Waals surface area contributed by atoms with Crippen LogP contribution in [-0.2, 0) is 0 Å². The van der Waals surface area contributed by atoms with Crippen molar-refractivity contribution in [2.24, 2.45) is 0 Å². The molecule has 1 unspecified atom stereocenters. The predicted octanol–water partition coefficient (Wildman–Crippen LogP) is 2.89. The molecule has 2 aromatic rings. The molecular weight excluding hydrogens is 276 g/mol. The van der Waals surface area contributed by atoms with Gasteiger partial charge >= 0.3 is 0 Å². The molecule has 2 aromatic carbocycles. The van der Waals surface area contributed by atoms with E-state index in [4.69, 9.17) is 11.2 Å². The molecule has 0 aromatic heterocycles. The van der Waals surface area contributed by atoms with E-state index in [2.05, 4.69) is 11.2 Å². The first-order valence-corrected chi connectivity index (χ1v) is 7.00. The van der Waals surface area contributed by atoms with Gasteiger partial charge in [0.05, 0.1) is 5.56 Å². The molecule has 4 heteroatoms. The number of ether oxygens (including phenoxy) is 1. The number of amides is 1. The minimum atomic E-state index is -0.295. The van der Waals surface area contributed by atoms with Gasteiger partial charge in [-0.15, -0.1) is 6.42 Å². The van der Waals surface area contributed by atoms with Crippen LogP contribution >= 0.6 is 0 Å². The number of fused-ring (bicyclic) bond motifs is 1. The van der Waals surface area contributed by atoms with Crippen molar-refractivity contribution in [3.8, 4) is 18.1 Å². The minimum Gasteiger partial charge on any atom is -0.481 e. The van der Waals surface area contributed by atoms with Crippen molar-refractivity contribution in [3.05, 3.63) is 59.7 Å². The molecule has 1 atom stereocenters. The van der Waals surface area contributed by atoms with Crippen molar-refractivity contribution >= 4 is 11.6 Å². The first-order valence-electron chi connectivity index (χ1n) is 7.00. The van der Waals surface area contributed by atoms with Gasteiger partial charge in [0.1, 0.15) is 18.5 Å². The molecule has 0 radical (unpaired) electrons. The summed E-state index contributed by atoms with van der Waals surface area (Å²) in [6.07, 6.45) is 4.97. The number of para-hydroxylation sites is 2. The minimum absolute atomic E-state index is 0.0221. The molecule has 0 saturated carbocycles. The number of hydrogen-bond donors (Lipinski definition) is 1. The number of carbonyl (C=O) groups is 1. The molecule has 0 spiro atoms. The van der Waals surface area contributed by atoms with Crippen molar-refractivity contribution in [1.82, 2.24) is 4.90 Å². The number of anilines is 1. The molecule has 1 heterocycles. The normalized spacial score (nSPS) is 16.5. The Kier molecular flexibility index (Phi) is 3.71. The van der Waals surface area contributed by atoms with Gasteiger partial charge in [-0.05, 0) is 18.2 Å². The van der Waals surface area contributed by atoms with Crippen molar-refractivity contribution in [2.75, 3.05) is 19.0 Å². The molecule has 1 aliphatic heterocycles. The molecule has 0 fully saturated rings. The summed E-state index contributed by atoms with van der Waals surface area (Å²) < 4.78 is 5.60. The molecule has 110 valence electrons. The summed E-state index contributed by atoms with van der Waals surface area (Å²) in [7, 11) is 1.77. The van der Waals surface area contributed by atoms with E-state index in [1.54, 1.807) is 11.9 Å². The highest BCUT2D eigenvalue weighted by molar-refractivity contribution is 6.01. The predicted molar refractivity (Wildman–Crippen MR) is 85.7 cm³/mol. The molecule has 1 N–H and O–H groups in total. The first kappa shape index (κ1) is 14.0. The van der Waals surface area contributed by atoms with Crippen LogP contribution in [0.2, 0.25) is 0 Å². The summed E-state index contributed by atoms with van der Waals surface area (Å²) in [5.74, 6) is 3.11. The van der Waals surface area contributed by atoms with Crippen molar-refractivity contribution in [3.63, 3.8) is 0 Å². The Hall–Kier alpha value is -2.93. The highest BCUT2D eigenvalue weighted by atomic mass is 16.5. The number of carbonyl (C=O) groups excluding carboxylic acids is 1. The van der Waals surface area contributed by atoms with Gasteiger partial charge in [-0.3, -0.25) is 4.79 Å². The van der Waals surface area contributed by atoms with Crippen LogP contribution in [0.15, 0.2) is 48.5 Å². The zero-order chi connectivity index (χ0) is 15.5. The number of nitrogens with one attached hydrogen (secondary N) is 1. The van der Waals surface area contributed by atoms with E-state index in [-0.39, 0.29) is 18.7 Å². The van der Waals surface area contributed by atoms with Gasteiger partial charge in [0, 0.05) is 18.3 Å². The van der Waals surface area contributed by atoms with Gasteiger partial charge in [-0.1, -0.05) is 36.3 Å². The topological polar surface area (TPSA) is 41.6 Å². The Morgan fingerprint density at radius 2 is 1.95 bits per heavy atom. The lowest BCUT2D eigenvalue weighted by Gasteiger charge is -2.36. The first-order chi connectivity index (χ1) is 10.7. The lowest BCUT2D eigenvalue weighted by atomic mass is 10.0. The molecule has 0 bridgehead atoms. The third kappa shape index (κ3) is 2.38. The standard InChI is InChI=1S/C18H16N2O2/c1-3-12-22-16-11-7-5-9-14(16)17-19-15-10-6-4-8-13(15)18(21)20(17)2/h1,4-11,17,19H,12H2,2H3. The number of rotatable bonds is 3. The Morgan fingerprint density at radius 3 is 2.77 bits per heavy atom. The van der Waals surface area contributed by atoms with E-state index in [9.17, 15) is 4.79 Å². The molecule has 4 nitrogen and oxygen atoms in total. The van der Waals surface area contributed by atoms with Gasteiger partial charge in [0.25, 0.3) is 5.91 Å². The summed E-state index contributed by atoms with van der Waals surface area (Å²) in [5.41, 5.74) is 2.37. The SMILES string of the molecule is C#CCOc1ccccc1C1Nc2ccccc2C(=O)N1C. The molecule has 0 aliphatic carbocycles. The molecular formula is C18H16N2O2. The Morgan fingerprint density at radius 1 is 1.23 bits per heavy atom. The number of terminal acetylenes is 1. The second-order valence-electron chi connectivity index (χ2n) is 5.04. The van der Waals surface area contributed by atoms with Crippen molar-refractivity contribution in [2.45, 2.75) is 6.17 Å². The highest BCUT2D eigenvalue weighted by Crippen LogP contribution is 2.35. The van der Waals surface area contributed by atoms with Crippen LogP contribution in [-0.4, -0.2) is 24.5 Å². The van der Waals surface area contributed by atoms with E-state index in [1.807, 2.05) is 48.5 Å². The summed E-state index contributed by atoms with van der Waals surface area (Å²) in [6, 6.07) is 15.1. The highest BCUT2D eigenvalue weighted by Gasteiger charge is 2.31. The zero-order valence-electron chi connectivity index (χ0n) is 12.2. The van der Waals surface area contributed by atoms with Gasteiger partial charge in [-0.25, -0.2) is 0 Å². The maximum Gasteiger partial charge on any atom is 0.257 e. The van der Waals surface area contributed by atoms with Crippen LogP contribution in [0.1, 0.15) is 22.1 Å². The summed E-state index contributed by atoms with van der Waals surface area (Å²) in [5, 5.41) is 3.38. The van der Waals surface area contributed by atoms with Crippen LogP contribution in [0.5, 0.6) is 5.75 Å². The number of hydrogen-bond acceptors (Lipinski definition) is 3.